The number of aryl methyl sites for hydroxylation is 1. The number of nitrogens with zero attached hydrogens (tertiary/aromatic N) is 1. The number of halogens is 3. The molecule has 2 aromatic carbocycles. The van der Waals surface area contributed by atoms with Gasteiger partial charge in [-0.15, -0.1) is 0 Å². The average molecular weight is 440 g/mol. The van der Waals surface area contributed by atoms with Crippen molar-refractivity contribution < 1.29 is 26.4 Å². The minimum Gasteiger partial charge on any atom is -0.352 e. The summed E-state index contributed by atoms with van der Waals surface area (Å²) >= 11 is 0. The van der Waals surface area contributed by atoms with E-state index in [9.17, 15) is 26.4 Å². The Morgan fingerprint density at radius 1 is 1.00 bits per heavy atom. The zero-order valence-electron chi connectivity index (χ0n) is 16.3. The molecule has 5 nitrogen and oxygen atoms in total. The van der Waals surface area contributed by atoms with Gasteiger partial charge >= 0.3 is 6.18 Å². The van der Waals surface area contributed by atoms with Crippen molar-refractivity contribution in [3.8, 4) is 0 Å². The van der Waals surface area contributed by atoms with Crippen LogP contribution in [-0.4, -0.2) is 31.7 Å². The number of hydrogen-bond acceptors (Lipinski definition) is 3. The van der Waals surface area contributed by atoms with E-state index in [-0.39, 0.29) is 23.8 Å². The molecule has 1 amide bonds. The molecule has 30 heavy (non-hydrogen) atoms. The molecule has 3 rings (SSSR count). The summed E-state index contributed by atoms with van der Waals surface area (Å²) < 4.78 is 64.7. The summed E-state index contributed by atoms with van der Waals surface area (Å²) in [5.74, 6) is -0.291. The van der Waals surface area contributed by atoms with Gasteiger partial charge in [0.05, 0.1) is 10.5 Å². The van der Waals surface area contributed by atoms with Gasteiger partial charge in [0.2, 0.25) is 15.9 Å². The van der Waals surface area contributed by atoms with Gasteiger partial charge in [-0.3, -0.25) is 4.79 Å². The van der Waals surface area contributed by atoms with Crippen molar-refractivity contribution in [1.29, 1.82) is 0 Å². The van der Waals surface area contributed by atoms with Gasteiger partial charge in [0, 0.05) is 26.1 Å². The van der Waals surface area contributed by atoms with Gasteiger partial charge in [-0.05, 0) is 54.7 Å². The highest BCUT2D eigenvalue weighted by molar-refractivity contribution is 7.89. The Kier molecular flexibility index (Phi) is 6.82. The lowest BCUT2D eigenvalue weighted by Crippen LogP contribution is -2.27. The van der Waals surface area contributed by atoms with Gasteiger partial charge in [0.1, 0.15) is 0 Å². The molecule has 1 N–H and O–H groups in total. The number of amides is 1. The second kappa shape index (κ2) is 9.18. The maximum atomic E-state index is 12.7. The topological polar surface area (TPSA) is 66.5 Å². The lowest BCUT2D eigenvalue weighted by atomic mass is 10.1. The van der Waals surface area contributed by atoms with Gasteiger partial charge in [0.15, 0.2) is 0 Å². The predicted molar refractivity (Wildman–Crippen MR) is 106 cm³/mol. The van der Waals surface area contributed by atoms with Crippen LogP contribution in [0.3, 0.4) is 0 Å². The number of benzene rings is 2. The fourth-order valence-corrected chi connectivity index (χ4v) is 4.83. The van der Waals surface area contributed by atoms with Crippen LogP contribution in [-0.2, 0) is 34.0 Å². The molecule has 1 aliphatic heterocycles. The number of carbonyl (C=O) groups is 1. The molecule has 1 aliphatic rings. The first-order chi connectivity index (χ1) is 14.2. The minimum absolute atomic E-state index is 0.00969. The molecule has 1 fully saturated rings. The minimum atomic E-state index is -4.42. The van der Waals surface area contributed by atoms with E-state index in [4.69, 9.17) is 0 Å². The van der Waals surface area contributed by atoms with Gasteiger partial charge in [-0.25, -0.2) is 8.42 Å². The Morgan fingerprint density at radius 3 is 2.30 bits per heavy atom. The quantitative estimate of drug-likeness (QED) is 0.713. The standard InChI is InChI=1S/C21H23F3N2O3S/c22-21(23,24)18-5-3-4-17(14-18)15-25-20(27)11-8-16-6-9-19(10-7-16)30(28,29)26-12-1-2-13-26/h3-7,9-10,14H,1-2,8,11-13,15H2,(H,25,27). The normalized spacial score (nSPS) is 15.3. The maximum Gasteiger partial charge on any atom is 0.416 e. The van der Waals surface area contributed by atoms with Crippen LogP contribution in [0.4, 0.5) is 13.2 Å². The number of rotatable bonds is 7. The SMILES string of the molecule is O=C(CCc1ccc(S(=O)(=O)N2CCCC2)cc1)NCc1cccc(C(F)(F)F)c1. The van der Waals surface area contributed by atoms with E-state index in [1.54, 1.807) is 24.3 Å². The summed E-state index contributed by atoms with van der Waals surface area (Å²) in [6.45, 7) is 1.09. The average Bonchev–Trinajstić information content (AvgIpc) is 3.26. The van der Waals surface area contributed by atoms with Crippen LogP contribution in [0.25, 0.3) is 0 Å². The Morgan fingerprint density at radius 2 is 1.67 bits per heavy atom. The van der Waals surface area contributed by atoms with Crippen molar-refractivity contribution in [1.82, 2.24) is 9.62 Å². The van der Waals surface area contributed by atoms with Crippen LogP contribution in [0.2, 0.25) is 0 Å². The molecule has 0 atom stereocenters. The van der Waals surface area contributed by atoms with Crippen LogP contribution < -0.4 is 5.32 Å². The lowest BCUT2D eigenvalue weighted by molar-refractivity contribution is -0.137. The van der Waals surface area contributed by atoms with Crippen LogP contribution in [0.1, 0.15) is 36.0 Å². The molecule has 0 saturated carbocycles. The van der Waals surface area contributed by atoms with Gasteiger partial charge in [0.25, 0.3) is 0 Å². The second-order valence-electron chi connectivity index (χ2n) is 7.23. The number of hydrogen-bond donors (Lipinski definition) is 1. The molecule has 1 heterocycles. The molecule has 162 valence electrons. The Hall–Kier alpha value is -2.39. The van der Waals surface area contributed by atoms with Gasteiger partial charge in [-0.1, -0.05) is 24.3 Å². The highest BCUT2D eigenvalue weighted by atomic mass is 32.2. The third-order valence-electron chi connectivity index (χ3n) is 5.01. The summed E-state index contributed by atoms with van der Waals surface area (Å²) in [7, 11) is -3.47. The summed E-state index contributed by atoms with van der Waals surface area (Å²) in [5, 5.41) is 2.61. The highest BCUT2D eigenvalue weighted by Gasteiger charge is 2.30. The Bertz CT molecular complexity index is 983. The van der Waals surface area contributed by atoms with Crippen molar-refractivity contribution in [2.75, 3.05) is 13.1 Å². The molecule has 0 unspecified atom stereocenters. The second-order valence-corrected chi connectivity index (χ2v) is 9.17. The van der Waals surface area contributed by atoms with Crippen LogP contribution in [0, 0.1) is 0 Å². The van der Waals surface area contributed by atoms with E-state index in [1.807, 2.05) is 0 Å². The third kappa shape index (κ3) is 5.60. The summed E-state index contributed by atoms with van der Waals surface area (Å²) in [4.78, 5) is 12.3. The molecule has 0 radical (unpaired) electrons. The lowest BCUT2D eigenvalue weighted by Gasteiger charge is -2.15. The zero-order valence-corrected chi connectivity index (χ0v) is 17.1. The molecular formula is C21H23F3N2O3S. The largest absolute Gasteiger partial charge is 0.416 e. The molecule has 2 aromatic rings. The van der Waals surface area contributed by atoms with Crippen LogP contribution >= 0.6 is 0 Å². The Balaban J connectivity index is 1.50. The maximum absolute atomic E-state index is 12.7. The van der Waals surface area contributed by atoms with Crippen molar-refractivity contribution in [3.63, 3.8) is 0 Å². The first-order valence-electron chi connectivity index (χ1n) is 9.68. The molecule has 0 spiro atoms. The van der Waals surface area contributed by atoms with Crippen LogP contribution in [0.15, 0.2) is 53.4 Å². The summed E-state index contributed by atoms with van der Waals surface area (Å²) in [6.07, 6.45) is -2.13. The number of nitrogens with one attached hydrogen (secondary N) is 1. The molecule has 0 aromatic heterocycles. The highest BCUT2D eigenvalue weighted by Crippen LogP contribution is 2.29. The van der Waals surface area contributed by atoms with Crippen molar-refractivity contribution in [3.05, 3.63) is 65.2 Å². The summed E-state index contributed by atoms with van der Waals surface area (Å²) in [5.41, 5.74) is 0.428. The van der Waals surface area contributed by atoms with Gasteiger partial charge in [-0.2, -0.15) is 17.5 Å². The fourth-order valence-electron chi connectivity index (χ4n) is 3.31. The smallest absolute Gasteiger partial charge is 0.352 e. The fraction of sp³-hybridized carbons (Fsp3) is 0.381. The first-order valence-corrected chi connectivity index (χ1v) is 11.1. The number of carbonyl (C=O) groups excluding carboxylic acids is 1. The van der Waals surface area contributed by atoms with E-state index >= 15 is 0 Å². The number of alkyl halides is 3. The monoisotopic (exact) mass is 440 g/mol. The van der Waals surface area contributed by atoms with E-state index in [0.717, 1.165) is 30.5 Å². The van der Waals surface area contributed by atoms with Gasteiger partial charge < -0.3 is 5.32 Å². The molecule has 0 bridgehead atoms. The zero-order chi connectivity index (χ0) is 21.8. The predicted octanol–water partition coefficient (Wildman–Crippen LogP) is 3.74. The molecule has 0 aliphatic carbocycles. The molecular weight excluding hydrogens is 417 g/mol. The van der Waals surface area contributed by atoms with E-state index in [0.29, 0.717) is 25.1 Å². The molecule has 1 saturated heterocycles. The third-order valence-corrected chi connectivity index (χ3v) is 6.92. The molecule has 9 heteroatoms. The van der Waals surface area contributed by atoms with Crippen molar-refractivity contribution in [2.45, 2.75) is 43.3 Å². The van der Waals surface area contributed by atoms with Crippen molar-refractivity contribution >= 4 is 15.9 Å². The van der Waals surface area contributed by atoms with E-state index < -0.39 is 21.8 Å². The van der Waals surface area contributed by atoms with Crippen molar-refractivity contribution in [2.24, 2.45) is 0 Å². The Labute approximate surface area is 173 Å². The van der Waals surface area contributed by atoms with Crippen LogP contribution in [0.5, 0.6) is 0 Å². The van der Waals surface area contributed by atoms with E-state index in [1.165, 1.54) is 16.4 Å². The van der Waals surface area contributed by atoms with E-state index in [2.05, 4.69) is 5.32 Å². The number of sulfonamides is 1. The first kappa shape index (κ1) is 22.3. The summed E-state index contributed by atoms with van der Waals surface area (Å²) in [6, 6.07) is 11.3.